The van der Waals surface area contributed by atoms with Gasteiger partial charge in [0.05, 0.1) is 24.3 Å². The van der Waals surface area contributed by atoms with Crippen molar-refractivity contribution in [1.29, 1.82) is 0 Å². The van der Waals surface area contributed by atoms with E-state index in [4.69, 9.17) is 4.74 Å². The highest BCUT2D eigenvalue weighted by Crippen LogP contribution is 2.40. The number of hydrogen-bond acceptors (Lipinski definition) is 3. The molecule has 3 heteroatoms. The van der Waals surface area contributed by atoms with Crippen LogP contribution in [0.15, 0.2) is 24.4 Å². The van der Waals surface area contributed by atoms with Crippen LogP contribution in [0.1, 0.15) is 12.1 Å². The van der Waals surface area contributed by atoms with Gasteiger partial charge in [-0.3, -0.25) is 4.98 Å². The highest BCUT2D eigenvalue weighted by atomic mass is 16.5. The third kappa shape index (κ3) is 1.38. The summed E-state index contributed by atoms with van der Waals surface area (Å²) in [5.74, 6) is 0.696. The van der Waals surface area contributed by atoms with Crippen molar-refractivity contribution in [1.82, 2.24) is 10.3 Å². The van der Waals surface area contributed by atoms with E-state index in [1.165, 1.54) is 12.1 Å². The maximum absolute atomic E-state index is 5.44. The Morgan fingerprint density at radius 2 is 2.33 bits per heavy atom. The van der Waals surface area contributed by atoms with Gasteiger partial charge in [0.2, 0.25) is 0 Å². The molecule has 3 nitrogen and oxygen atoms in total. The van der Waals surface area contributed by atoms with Crippen molar-refractivity contribution in [2.75, 3.05) is 26.3 Å². The van der Waals surface area contributed by atoms with Gasteiger partial charge in [-0.2, -0.15) is 0 Å². The Balaban J connectivity index is 1.92. The molecular formula is C12H16N2O. The smallest absolute Gasteiger partial charge is 0.0633 e. The van der Waals surface area contributed by atoms with Gasteiger partial charge in [0.1, 0.15) is 0 Å². The van der Waals surface area contributed by atoms with E-state index >= 15 is 0 Å². The van der Waals surface area contributed by atoms with E-state index in [0.29, 0.717) is 5.92 Å². The minimum atomic E-state index is 0.199. The average Bonchev–Trinajstić information content (AvgIpc) is 2.72. The highest BCUT2D eigenvalue weighted by Gasteiger charge is 2.48. The second kappa shape index (κ2) is 3.58. The molecule has 3 heterocycles. The first-order valence-corrected chi connectivity index (χ1v) is 5.62. The Bertz CT molecular complexity index is 329. The van der Waals surface area contributed by atoms with E-state index < -0.39 is 0 Å². The van der Waals surface area contributed by atoms with E-state index in [0.717, 1.165) is 26.3 Å². The zero-order chi connectivity index (χ0) is 10.1. The molecule has 1 aromatic rings. The Labute approximate surface area is 89.9 Å². The highest BCUT2D eigenvalue weighted by molar-refractivity contribution is 5.23. The quantitative estimate of drug-likeness (QED) is 0.779. The summed E-state index contributed by atoms with van der Waals surface area (Å²) in [4.78, 5) is 4.51. The first-order valence-electron chi connectivity index (χ1n) is 5.62. The average molecular weight is 204 g/mol. The molecule has 3 rings (SSSR count). The summed E-state index contributed by atoms with van der Waals surface area (Å²) in [6.07, 6.45) is 3.14. The van der Waals surface area contributed by atoms with Crippen molar-refractivity contribution in [2.24, 2.45) is 5.92 Å². The molecule has 1 aromatic heterocycles. The van der Waals surface area contributed by atoms with Gasteiger partial charge in [0, 0.05) is 6.20 Å². The van der Waals surface area contributed by atoms with Gasteiger partial charge in [0.15, 0.2) is 0 Å². The van der Waals surface area contributed by atoms with Crippen LogP contribution in [-0.2, 0) is 10.2 Å². The number of nitrogens with zero attached hydrogens (tertiary/aromatic N) is 1. The molecule has 1 unspecified atom stereocenters. The lowest BCUT2D eigenvalue weighted by Crippen LogP contribution is -2.53. The van der Waals surface area contributed by atoms with E-state index in [1.807, 2.05) is 12.3 Å². The lowest BCUT2D eigenvalue weighted by atomic mass is 9.70. The molecule has 0 bridgehead atoms. The fraction of sp³-hybridized carbons (Fsp3) is 0.583. The molecule has 2 aliphatic heterocycles. The van der Waals surface area contributed by atoms with E-state index in [-0.39, 0.29) is 5.41 Å². The molecule has 1 atom stereocenters. The van der Waals surface area contributed by atoms with E-state index in [2.05, 4.69) is 22.4 Å². The predicted octanol–water partition coefficient (Wildman–Crippen LogP) is 0.959. The molecule has 0 amide bonds. The normalized spacial score (nSPS) is 28.7. The molecule has 0 radical (unpaired) electrons. The minimum absolute atomic E-state index is 0.199. The second-order valence-corrected chi connectivity index (χ2v) is 4.55. The van der Waals surface area contributed by atoms with Crippen molar-refractivity contribution in [2.45, 2.75) is 11.8 Å². The van der Waals surface area contributed by atoms with E-state index in [9.17, 15) is 0 Å². The van der Waals surface area contributed by atoms with Gasteiger partial charge in [-0.15, -0.1) is 0 Å². The van der Waals surface area contributed by atoms with Crippen molar-refractivity contribution >= 4 is 0 Å². The van der Waals surface area contributed by atoms with Gasteiger partial charge in [-0.05, 0) is 37.6 Å². The van der Waals surface area contributed by atoms with Gasteiger partial charge in [-0.25, -0.2) is 0 Å². The molecule has 2 saturated heterocycles. The molecular weight excluding hydrogens is 188 g/mol. The van der Waals surface area contributed by atoms with Crippen LogP contribution in [0, 0.1) is 5.92 Å². The first-order chi connectivity index (χ1) is 7.42. The molecule has 80 valence electrons. The minimum Gasteiger partial charge on any atom is -0.379 e. The number of aromatic nitrogens is 1. The number of pyridine rings is 1. The zero-order valence-corrected chi connectivity index (χ0v) is 8.78. The lowest BCUT2D eigenvalue weighted by molar-refractivity contribution is -0.0890. The van der Waals surface area contributed by atoms with Crippen LogP contribution in [0.3, 0.4) is 0 Å². The Morgan fingerprint density at radius 3 is 2.87 bits per heavy atom. The number of nitrogens with one attached hydrogen (secondary N) is 1. The van der Waals surface area contributed by atoms with Crippen LogP contribution in [0.2, 0.25) is 0 Å². The Kier molecular flexibility index (Phi) is 2.22. The molecule has 0 aromatic carbocycles. The summed E-state index contributed by atoms with van der Waals surface area (Å²) in [5.41, 5.74) is 1.41. The van der Waals surface area contributed by atoms with Crippen LogP contribution in [0.5, 0.6) is 0 Å². The summed E-state index contributed by atoms with van der Waals surface area (Å²) in [6.45, 7) is 3.94. The maximum Gasteiger partial charge on any atom is 0.0633 e. The molecule has 0 spiro atoms. The van der Waals surface area contributed by atoms with Gasteiger partial charge in [0.25, 0.3) is 0 Å². The van der Waals surface area contributed by atoms with Crippen molar-refractivity contribution < 1.29 is 4.74 Å². The van der Waals surface area contributed by atoms with E-state index in [1.54, 1.807) is 0 Å². The van der Waals surface area contributed by atoms with Crippen molar-refractivity contribution in [3.8, 4) is 0 Å². The SMILES string of the molecule is c1ccc(C2(C3CCNC3)COC2)nc1. The first kappa shape index (κ1) is 9.31. The molecule has 0 saturated carbocycles. The summed E-state index contributed by atoms with van der Waals surface area (Å²) >= 11 is 0. The number of rotatable bonds is 2. The zero-order valence-electron chi connectivity index (χ0n) is 8.78. The maximum atomic E-state index is 5.44. The summed E-state index contributed by atoms with van der Waals surface area (Å²) < 4.78 is 5.44. The molecule has 1 N–H and O–H groups in total. The largest absolute Gasteiger partial charge is 0.379 e. The predicted molar refractivity (Wildman–Crippen MR) is 57.7 cm³/mol. The Hall–Kier alpha value is -0.930. The number of hydrogen-bond donors (Lipinski definition) is 1. The van der Waals surface area contributed by atoms with Crippen LogP contribution >= 0.6 is 0 Å². The van der Waals surface area contributed by atoms with Gasteiger partial charge >= 0.3 is 0 Å². The molecule has 2 fully saturated rings. The van der Waals surface area contributed by atoms with Gasteiger partial charge in [-0.1, -0.05) is 6.07 Å². The topological polar surface area (TPSA) is 34.1 Å². The summed E-state index contributed by atoms with van der Waals surface area (Å²) in [6, 6.07) is 6.19. The fourth-order valence-electron chi connectivity index (χ4n) is 2.70. The van der Waals surface area contributed by atoms with Crippen molar-refractivity contribution in [3.63, 3.8) is 0 Å². The van der Waals surface area contributed by atoms with Crippen LogP contribution < -0.4 is 5.32 Å². The Morgan fingerprint density at radius 1 is 1.40 bits per heavy atom. The van der Waals surface area contributed by atoms with Crippen LogP contribution in [-0.4, -0.2) is 31.3 Å². The molecule has 0 aliphatic carbocycles. The summed E-state index contributed by atoms with van der Waals surface area (Å²) in [5, 5.41) is 3.43. The van der Waals surface area contributed by atoms with Crippen LogP contribution in [0.25, 0.3) is 0 Å². The lowest BCUT2D eigenvalue weighted by Gasteiger charge is -2.45. The third-order valence-corrected chi connectivity index (χ3v) is 3.74. The summed E-state index contributed by atoms with van der Waals surface area (Å²) in [7, 11) is 0. The fourth-order valence-corrected chi connectivity index (χ4v) is 2.70. The third-order valence-electron chi connectivity index (χ3n) is 3.74. The molecule has 15 heavy (non-hydrogen) atoms. The number of ether oxygens (including phenoxy) is 1. The van der Waals surface area contributed by atoms with Gasteiger partial charge < -0.3 is 10.1 Å². The molecule has 2 aliphatic rings. The standard InChI is InChI=1S/C12H16N2O/c1-2-5-14-11(3-1)12(8-15-9-12)10-4-6-13-7-10/h1-3,5,10,13H,4,6-9H2. The van der Waals surface area contributed by atoms with Crippen molar-refractivity contribution in [3.05, 3.63) is 30.1 Å². The monoisotopic (exact) mass is 204 g/mol. The second-order valence-electron chi connectivity index (χ2n) is 4.55. The van der Waals surface area contributed by atoms with Crippen LogP contribution in [0.4, 0.5) is 0 Å².